The van der Waals surface area contributed by atoms with Crippen molar-refractivity contribution in [3.8, 4) is 0 Å². The number of nitrogens with zero attached hydrogens (tertiary/aromatic N) is 4. The summed E-state index contributed by atoms with van der Waals surface area (Å²) in [5.74, 6) is 0.278. The molecule has 1 aliphatic rings. The predicted molar refractivity (Wildman–Crippen MR) is 69.4 cm³/mol. The van der Waals surface area contributed by atoms with Gasteiger partial charge in [-0.3, -0.25) is 9.69 Å². The van der Waals surface area contributed by atoms with E-state index in [0.717, 1.165) is 26.2 Å². The normalized spacial score (nSPS) is 17.9. The van der Waals surface area contributed by atoms with Crippen LogP contribution in [0.5, 0.6) is 0 Å². The first-order chi connectivity index (χ1) is 8.56. The fraction of sp³-hybridized carbons (Fsp3) is 0.583. The number of aromatic nitrogens is 2. The van der Waals surface area contributed by atoms with Gasteiger partial charge in [0, 0.05) is 32.4 Å². The molecule has 0 unspecified atom stereocenters. The molecule has 2 heterocycles. The van der Waals surface area contributed by atoms with Crippen LogP contribution >= 0.6 is 0 Å². The highest BCUT2D eigenvalue weighted by Crippen LogP contribution is 2.08. The lowest BCUT2D eigenvalue weighted by atomic mass is 10.1. The number of carbonyl (C=O) groups is 1. The topological polar surface area (TPSA) is 75.3 Å². The van der Waals surface area contributed by atoms with Crippen molar-refractivity contribution in [1.82, 2.24) is 19.8 Å². The number of hydrogen-bond acceptors (Lipinski definition) is 6. The highest BCUT2D eigenvalue weighted by Gasteiger charge is 2.19. The third kappa shape index (κ3) is 3.02. The maximum atomic E-state index is 12.2. The molecule has 1 aromatic heterocycles. The molecule has 1 aliphatic heterocycles. The van der Waals surface area contributed by atoms with Crippen molar-refractivity contribution in [2.75, 3.05) is 45.5 Å². The molecule has 2 rings (SSSR count). The van der Waals surface area contributed by atoms with Crippen LogP contribution in [0, 0.1) is 6.92 Å². The lowest BCUT2D eigenvalue weighted by molar-refractivity contribution is 0.0875. The minimum absolute atomic E-state index is 0.0667. The van der Waals surface area contributed by atoms with Gasteiger partial charge in [0.1, 0.15) is 0 Å². The van der Waals surface area contributed by atoms with E-state index in [2.05, 4.69) is 26.8 Å². The molecule has 0 atom stereocenters. The summed E-state index contributed by atoms with van der Waals surface area (Å²) in [6, 6.07) is 0. The molecular weight excluding hydrogens is 230 g/mol. The summed E-state index contributed by atoms with van der Waals surface area (Å²) in [5, 5.41) is 0. The zero-order chi connectivity index (χ0) is 13.1. The molecule has 18 heavy (non-hydrogen) atoms. The highest BCUT2D eigenvalue weighted by molar-refractivity contribution is 5.98. The number of rotatable bonds is 3. The standard InChI is InChI=1S/C12H19N5O/c1-9-10(7-14-12(13)15-9)11(18)8-17-5-3-16(2)4-6-17/h7H,3-6,8H2,1-2H3,(H2,13,14,15). The number of piperazine rings is 1. The van der Waals surface area contributed by atoms with Crippen LogP contribution in [0.4, 0.5) is 5.95 Å². The van der Waals surface area contributed by atoms with Crippen LogP contribution in [0.1, 0.15) is 16.1 Å². The molecule has 6 heteroatoms. The van der Waals surface area contributed by atoms with Crippen molar-refractivity contribution < 1.29 is 4.79 Å². The smallest absolute Gasteiger partial charge is 0.220 e. The Hall–Kier alpha value is -1.53. The average Bonchev–Trinajstić information content (AvgIpc) is 2.32. The second kappa shape index (κ2) is 5.41. The van der Waals surface area contributed by atoms with Gasteiger partial charge in [0.2, 0.25) is 5.95 Å². The van der Waals surface area contributed by atoms with Crippen molar-refractivity contribution in [3.05, 3.63) is 17.5 Å². The predicted octanol–water partition coefficient (Wildman–Crippen LogP) is -0.203. The van der Waals surface area contributed by atoms with E-state index >= 15 is 0 Å². The number of hydrogen-bond donors (Lipinski definition) is 1. The van der Waals surface area contributed by atoms with E-state index in [-0.39, 0.29) is 11.7 Å². The average molecular weight is 249 g/mol. The van der Waals surface area contributed by atoms with Crippen molar-refractivity contribution in [3.63, 3.8) is 0 Å². The number of nitrogen functional groups attached to an aromatic ring is 1. The SMILES string of the molecule is Cc1nc(N)ncc1C(=O)CN1CCN(C)CC1. The summed E-state index contributed by atoms with van der Waals surface area (Å²) < 4.78 is 0. The summed E-state index contributed by atoms with van der Waals surface area (Å²) >= 11 is 0. The van der Waals surface area contributed by atoms with E-state index in [1.165, 1.54) is 6.20 Å². The maximum Gasteiger partial charge on any atom is 0.220 e. The minimum Gasteiger partial charge on any atom is -0.368 e. The molecule has 2 N–H and O–H groups in total. The zero-order valence-corrected chi connectivity index (χ0v) is 10.9. The lowest BCUT2D eigenvalue weighted by Crippen LogP contribution is -2.46. The second-order valence-corrected chi connectivity index (χ2v) is 4.73. The molecule has 1 saturated heterocycles. The molecule has 1 fully saturated rings. The monoisotopic (exact) mass is 249 g/mol. The van der Waals surface area contributed by atoms with Gasteiger partial charge in [-0.15, -0.1) is 0 Å². The van der Waals surface area contributed by atoms with E-state index in [0.29, 0.717) is 17.8 Å². The molecule has 0 radical (unpaired) electrons. The van der Waals surface area contributed by atoms with Crippen LogP contribution in [0.2, 0.25) is 0 Å². The molecule has 1 aromatic rings. The van der Waals surface area contributed by atoms with Gasteiger partial charge in [-0.1, -0.05) is 0 Å². The molecule has 0 aliphatic carbocycles. The largest absolute Gasteiger partial charge is 0.368 e. The van der Waals surface area contributed by atoms with E-state index < -0.39 is 0 Å². The third-order valence-electron chi connectivity index (χ3n) is 3.26. The Balaban J connectivity index is 1.99. The number of carbonyl (C=O) groups excluding carboxylic acids is 1. The minimum atomic E-state index is 0.0667. The van der Waals surface area contributed by atoms with Gasteiger partial charge in [0.05, 0.1) is 17.8 Å². The number of anilines is 1. The fourth-order valence-electron chi connectivity index (χ4n) is 2.05. The highest BCUT2D eigenvalue weighted by atomic mass is 16.1. The van der Waals surface area contributed by atoms with Gasteiger partial charge < -0.3 is 10.6 Å². The molecule has 0 bridgehead atoms. The second-order valence-electron chi connectivity index (χ2n) is 4.73. The number of Topliss-reactive ketones (excluding diaryl/α,β-unsaturated/α-hetero) is 1. The summed E-state index contributed by atoms with van der Waals surface area (Å²) in [6.07, 6.45) is 1.52. The van der Waals surface area contributed by atoms with Crippen LogP contribution in [0.15, 0.2) is 6.20 Å². The Bertz CT molecular complexity index is 440. The lowest BCUT2D eigenvalue weighted by Gasteiger charge is -2.31. The molecule has 98 valence electrons. The number of nitrogens with two attached hydrogens (primary N) is 1. The van der Waals surface area contributed by atoms with Gasteiger partial charge in [0.15, 0.2) is 5.78 Å². The summed E-state index contributed by atoms with van der Waals surface area (Å²) in [7, 11) is 2.09. The summed E-state index contributed by atoms with van der Waals surface area (Å²) in [4.78, 5) is 24.5. The van der Waals surface area contributed by atoms with Gasteiger partial charge in [-0.05, 0) is 14.0 Å². The van der Waals surface area contributed by atoms with Gasteiger partial charge in [-0.2, -0.15) is 0 Å². The molecule has 0 spiro atoms. The quantitative estimate of drug-likeness (QED) is 0.748. The Morgan fingerprint density at radius 1 is 1.39 bits per heavy atom. The van der Waals surface area contributed by atoms with Crippen molar-refractivity contribution in [1.29, 1.82) is 0 Å². The van der Waals surface area contributed by atoms with Crippen LogP contribution in [0.3, 0.4) is 0 Å². The van der Waals surface area contributed by atoms with Crippen molar-refractivity contribution in [2.45, 2.75) is 6.92 Å². The molecule has 0 aromatic carbocycles. The van der Waals surface area contributed by atoms with E-state index in [9.17, 15) is 4.79 Å². The fourth-order valence-corrected chi connectivity index (χ4v) is 2.05. The number of ketones is 1. The van der Waals surface area contributed by atoms with Gasteiger partial charge in [-0.25, -0.2) is 9.97 Å². The van der Waals surface area contributed by atoms with E-state index in [1.54, 1.807) is 6.92 Å². The third-order valence-corrected chi connectivity index (χ3v) is 3.26. The first kappa shape index (κ1) is 12.9. The van der Waals surface area contributed by atoms with Crippen LogP contribution in [-0.4, -0.2) is 65.3 Å². The van der Waals surface area contributed by atoms with E-state index in [1.807, 2.05) is 0 Å². The van der Waals surface area contributed by atoms with E-state index in [4.69, 9.17) is 5.73 Å². The Morgan fingerprint density at radius 2 is 2.06 bits per heavy atom. The maximum absolute atomic E-state index is 12.2. The molecule has 6 nitrogen and oxygen atoms in total. The van der Waals surface area contributed by atoms with Crippen LogP contribution in [-0.2, 0) is 0 Å². The molecule has 0 saturated carbocycles. The van der Waals surface area contributed by atoms with Gasteiger partial charge in [0.25, 0.3) is 0 Å². The number of likely N-dealkylation sites (N-methyl/N-ethyl adjacent to an activating group) is 1. The zero-order valence-electron chi connectivity index (χ0n) is 10.9. The summed E-state index contributed by atoms with van der Waals surface area (Å²) in [5.41, 5.74) is 6.70. The Morgan fingerprint density at radius 3 is 2.67 bits per heavy atom. The molecule has 0 amide bonds. The Kier molecular flexibility index (Phi) is 3.88. The van der Waals surface area contributed by atoms with Crippen LogP contribution < -0.4 is 5.73 Å². The molecular formula is C12H19N5O. The van der Waals surface area contributed by atoms with Crippen molar-refractivity contribution >= 4 is 11.7 Å². The first-order valence-electron chi connectivity index (χ1n) is 6.09. The van der Waals surface area contributed by atoms with Gasteiger partial charge >= 0.3 is 0 Å². The Labute approximate surface area is 107 Å². The first-order valence-corrected chi connectivity index (χ1v) is 6.09. The number of aryl methyl sites for hydroxylation is 1. The summed E-state index contributed by atoms with van der Waals surface area (Å²) in [6.45, 7) is 6.08. The van der Waals surface area contributed by atoms with Crippen molar-refractivity contribution in [2.24, 2.45) is 0 Å². The van der Waals surface area contributed by atoms with Crippen LogP contribution in [0.25, 0.3) is 0 Å².